The van der Waals surface area contributed by atoms with Gasteiger partial charge in [-0.05, 0) is 87.6 Å². The number of nitrogens with zero attached hydrogens (tertiary/aromatic N) is 4. The van der Waals surface area contributed by atoms with Crippen LogP contribution < -0.4 is 0 Å². The van der Waals surface area contributed by atoms with E-state index in [1.165, 1.54) is 21.5 Å². The van der Waals surface area contributed by atoms with E-state index in [9.17, 15) is 0 Å². The number of pyridine rings is 4. The van der Waals surface area contributed by atoms with Crippen LogP contribution >= 0.6 is 0 Å². The standard InChI is InChI=1S/C44H28N4/c1-2-12-37-29(7-1)15-16-39-43(37)38-13-3-4-14-40(38)48-44(39)35-11-6-9-33(26-35)32-8-5-10-34(25-32)36-27-41(30-17-21-45-22-18-30)47-42(28-36)31-19-23-46-24-20-31/h1-28H. The first-order chi connectivity index (χ1) is 23.8. The molecule has 0 unspecified atom stereocenters. The summed E-state index contributed by atoms with van der Waals surface area (Å²) in [6, 6.07) is 51.3. The van der Waals surface area contributed by atoms with Crippen LogP contribution in [0.4, 0.5) is 0 Å². The molecule has 4 heteroatoms. The van der Waals surface area contributed by atoms with Gasteiger partial charge in [-0.1, -0.05) is 91.0 Å². The highest BCUT2D eigenvalue weighted by Gasteiger charge is 2.14. The van der Waals surface area contributed by atoms with Gasteiger partial charge in [0.25, 0.3) is 0 Å². The van der Waals surface area contributed by atoms with E-state index in [1.54, 1.807) is 24.8 Å². The van der Waals surface area contributed by atoms with E-state index in [1.807, 2.05) is 24.3 Å². The summed E-state index contributed by atoms with van der Waals surface area (Å²) >= 11 is 0. The fraction of sp³-hybridized carbons (Fsp3) is 0. The Balaban J connectivity index is 1.18. The first-order valence-electron chi connectivity index (χ1n) is 16.0. The molecule has 0 aliphatic rings. The molecule has 0 fully saturated rings. The van der Waals surface area contributed by atoms with Crippen LogP contribution in [0.5, 0.6) is 0 Å². The summed E-state index contributed by atoms with van der Waals surface area (Å²) in [7, 11) is 0. The van der Waals surface area contributed by atoms with Gasteiger partial charge in [-0.15, -0.1) is 0 Å². The lowest BCUT2D eigenvalue weighted by Gasteiger charge is -2.14. The third kappa shape index (κ3) is 4.97. The summed E-state index contributed by atoms with van der Waals surface area (Å²) in [5, 5.41) is 6.05. The number of rotatable bonds is 5. The zero-order valence-corrected chi connectivity index (χ0v) is 26.0. The Hall–Kier alpha value is -6.52. The van der Waals surface area contributed by atoms with E-state index in [-0.39, 0.29) is 0 Å². The molecule has 9 rings (SSSR count). The molecule has 4 nitrogen and oxygen atoms in total. The molecular formula is C44H28N4. The van der Waals surface area contributed by atoms with Crippen molar-refractivity contribution in [3.63, 3.8) is 0 Å². The minimum atomic E-state index is 0.899. The van der Waals surface area contributed by atoms with Gasteiger partial charge in [-0.2, -0.15) is 0 Å². The van der Waals surface area contributed by atoms with Crippen LogP contribution in [0.1, 0.15) is 0 Å². The van der Waals surface area contributed by atoms with Crippen LogP contribution in [0.3, 0.4) is 0 Å². The molecule has 0 saturated heterocycles. The Morgan fingerprint density at radius 3 is 1.58 bits per heavy atom. The molecule has 5 aromatic carbocycles. The van der Waals surface area contributed by atoms with Gasteiger partial charge < -0.3 is 0 Å². The first kappa shape index (κ1) is 27.8. The predicted molar refractivity (Wildman–Crippen MR) is 197 cm³/mol. The van der Waals surface area contributed by atoms with Crippen LogP contribution in [-0.4, -0.2) is 19.9 Å². The lowest BCUT2D eigenvalue weighted by molar-refractivity contribution is 1.27. The monoisotopic (exact) mass is 612 g/mol. The fourth-order valence-electron chi connectivity index (χ4n) is 6.71. The number of hydrogen-bond donors (Lipinski definition) is 0. The minimum Gasteiger partial charge on any atom is -0.265 e. The minimum absolute atomic E-state index is 0.899. The van der Waals surface area contributed by atoms with Gasteiger partial charge in [-0.3, -0.25) is 9.97 Å². The van der Waals surface area contributed by atoms with Gasteiger partial charge in [0.05, 0.1) is 22.6 Å². The summed E-state index contributed by atoms with van der Waals surface area (Å²) in [6.07, 6.45) is 7.22. The number of hydrogen-bond acceptors (Lipinski definition) is 4. The molecule has 0 spiro atoms. The summed E-state index contributed by atoms with van der Waals surface area (Å²) in [4.78, 5) is 18.7. The second-order valence-electron chi connectivity index (χ2n) is 11.9. The fourth-order valence-corrected chi connectivity index (χ4v) is 6.71. The van der Waals surface area contributed by atoms with Crippen molar-refractivity contribution in [1.82, 2.24) is 19.9 Å². The number of aromatic nitrogens is 4. The van der Waals surface area contributed by atoms with Crippen molar-refractivity contribution in [2.45, 2.75) is 0 Å². The summed E-state index contributed by atoms with van der Waals surface area (Å²) in [6.45, 7) is 0. The third-order valence-corrected chi connectivity index (χ3v) is 9.03. The van der Waals surface area contributed by atoms with Crippen molar-refractivity contribution in [2.75, 3.05) is 0 Å². The predicted octanol–water partition coefficient (Wildman–Crippen LogP) is 11.1. The zero-order valence-electron chi connectivity index (χ0n) is 26.0. The van der Waals surface area contributed by atoms with Gasteiger partial charge in [0.1, 0.15) is 0 Å². The van der Waals surface area contributed by atoms with Crippen molar-refractivity contribution in [3.8, 4) is 56.0 Å². The SMILES string of the molecule is c1cc(-c2cccc(-c3nc4ccccc4c4c3ccc3ccccc34)c2)cc(-c2cc(-c3ccncc3)nc(-c3ccncc3)c2)c1. The van der Waals surface area contributed by atoms with E-state index < -0.39 is 0 Å². The van der Waals surface area contributed by atoms with E-state index >= 15 is 0 Å². The molecule has 0 N–H and O–H groups in total. The molecule has 4 aromatic heterocycles. The average molecular weight is 613 g/mol. The van der Waals surface area contributed by atoms with Crippen LogP contribution in [-0.2, 0) is 0 Å². The highest BCUT2D eigenvalue weighted by atomic mass is 14.7. The van der Waals surface area contributed by atoms with E-state index in [0.717, 1.165) is 66.9 Å². The largest absolute Gasteiger partial charge is 0.265 e. The van der Waals surface area contributed by atoms with Crippen LogP contribution in [0.15, 0.2) is 170 Å². The maximum Gasteiger partial charge on any atom is 0.0788 e. The Labute approximate surface area is 278 Å². The van der Waals surface area contributed by atoms with Gasteiger partial charge in [0, 0.05) is 57.6 Å². The molecule has 0 saturated carbocycles. The second kappa shape index (κ2) is 11.7. The molecular weight excluding hydrogens is 585 g/mol. The first-order valence-corrected chi connectivity index (χ1v) is 16.0. The van der Waals surface area contributed by atoms with Gasteiger partial charge >= 0.3 is 0 Å². The molecule has 9 aromatic rings. The zero-order chi connectivity index (χ0) is 31.9. The summed E-state index contributed by atoms with van der Waals surface area (Å²) in [5.74, 6) is 0. The van der Waals surface area contributed by atoms with E-state index in [0.29, 0.717) is 0 Å². The normalized spacial score (nSPS) is 11.3. The van der Waals surface area contributed by atoms with Crippen molar-refractivity contribution >= 4 is 32.4 Å². The smallest absolute Gasteiger partial charge is 0.0788 e. The summed E-state index contributed by atoms with van der Waals surface area (Å²) in [5.41, 5.74) is 11.4. The van der Waals surface area contributed by atoms with Gasteiger partial charge in [0.15, 0.2) is 0 Å². The molecule has 0 bridgehead atoms. The molecule has 0 aliphatic heterocycles. The number of fused-ring (bicyclic) bond motifs is 5. The Morgan fingerprint density at radius 1 is 0.333 bits per heavy atom. The molecule has 0 aliphatic carbocycles. The summed E-state index contributed by atoms with van der Waals surface area (Å²) < 4.78 is 0. The third-order valence-electron chi connectivity index (χ3n) is 9.03. The Kier molecular flexibility index (Phi) is 6.76. The highest BCUT2D eigenvalue weighted by molar-refractivity contribution is 6.22. The molecule has 0 atom stereocenters. The maximum atomic E-state index is 5.24. The molecule has 4 heterocycles. The molecule has 224 valence electrons. The molecule has 0 amide bonds. The van der Waals surface area contributed by atoms with Crippen molar-refractivity contribution in [3.05, 3.63) is 170 Å². The van der Waals surface area contributed by atoms with Crippen LogP contribution in [0.2, 0.25) is 0 Å². The van der Waals surface area contributed by atoms with E-state index in [4.69, 9.17) is 9.97 Å². The lowest BCUT2D eigenvalue weighted by Crippen LogP contribution is -1.92. The molecule has 0 radical (unpaired) electrons. The Bertz CT molecular complexity index is 2540. The van der Waals surface area contributed by atoms with Crippen molar-refractivity contribution < 1.29 is 0 Å². The quantitative estimate of drug-likeness (QED) is 0.181. The van der Waals surface area contributed by atoms with E-state index in [2.05, 4.69) is 131 Å². The number of para-hydroxylation sites is 1. The average Bonchev–Trinajstić information content (AvgIpc) is 3.18. The maximum absolute atomic E-state index is 5.24. The van der Waals surface area contributed by atoms with Gasteiger partial charge in [-0.25, -0.2) is 9.97 Å². The lowest BCUT2D eigenvalue weighted by atomic mass is 9.93. The number of benzene rings is 5. The molecule has 48 heavy (non-hydrogen) atoms. The van der Waals surface area contributed by atoms with Crippen molar-refractivity contribution in [2.24, 2.45) is 0 Å². The highest BCUT2D eigenvalue weighted by Crippen LogP contribution is 2.38. The second-order valence-corrected chi connectivity index (χ2v) is 11.9. The van der Waals surface area contributed by atoms with Gasteiger partial charge in [0.2, 0.25) is 0 Å². The van der Waals surface area contributed by atoms with Crippen LogP contribution in [0, 0.1) is 0 Å². The van der Waals surface area contributed by atoms with Crippen molar-refractivity contribution in [1.29, 1.82) is 0 Å². The topological polar surface area (TPSA) is 51.6 Å². The van der Waals surface area contributed by atoms with Crippen LogP contribution in [0.25, 0.3) is 88.5 Å². The Morgan fingerprint density at radius 2 is 0.896 bits per heavy atom.